The van der Waals surface area contributed by atoms with E-state index < -0.39 is 24.3 Å². The van der Waals surface area contributed by atoms with Crippen LogP contribution in [0.4, 0.5) is 26.3 Å². The van der Waals surface area contributed by atoms with Crippen LogP contribution in [0.2, 0.25) is 0 Å². The number of aromatic nitrogens is 1. The molecule has 0 radical (unpaired) electrons. The predicted molar refractivity (Wildman–Crippen MR) is 120 cm³/mol. The van der Waals surface area contributed by atoms with E-state index in [2.05, 4.69) is 16.0 Å². The third-order valence-corrected chi connectivity index (χ3v) is 5.99. The molecule has 3 aliphatic rings. The van der Waals surface area contributed by atoms with Crippen LogP contribution in [0.15, 0.2) is 24.5 Å². The molecule has 3 aliphatic heterocycles. The fourth-order valence-corrected chi connectivity index (χ4v) is 4.22. The zero-order valence-corrected chi connectivity index (χ0v) is 20.7. The highest BCUT2D eigenvalue weighted by atomic mass is 19.4. The maximum Gasteiger partial charge on any atom is 0.490 e. The van der Waals surface area contributed by atoms with E-state index in [0.29, 0.717) is 0 Å². The number of halogens is 6. The monoisotopic (exact) mass is 573 g/mol. The SMILES string of the molecule is O=C(COC1CCOC2(C1)CN(Cc1cccnc1)C2)N1CCCC1.O=C(O)C(F)(F)F.O=C(O)C(F)(F)F. The van der Waals surface area contributed by atoms with E-state index in [0.717, 1.165) is 65.0 Å². The van der Waals surface area contributed by atoms with Crippen molar-refractivity contribution in [3.8, 4) is 0 Å². The molecule has 16 heteroatoms. The van der Waals surface area contributed by atoms with Gasteiger partial charge in [-0.1, -0.05) is 6.07 Å². The first kappa shape index (κ1) is 32.2. The molecule has 10 nitrogen and oxygen atoms in total. The summed E-state index contributed by atoms with van der Waals surface area (Å²) < 4.78 is 75.5. The van der Waals surface area contributed by atoms with Crippen molar-refractivity contribution < 1.29 is 60.4 Å². The summed E-state index contributed by atoms with van der Waals surface area (Å²) in [5.41, 5.74) is 1.15. The molecule has 0 aromatic carbocycles. The van der Waals surface area contributed by atoms with Crippen molar-refractivity contribution in [1.29, 1.82) is 0 Å². The minimum absolute atomic E-state index is 0.0815. The highest BCUT2D eigenvalue weighted by Gasteiger charge is 2.47. The quantitative estimate of drug-likeness (QED) is 0.511. The summed E-state index contributed by atoms with van der Waals surface area (Å²) in [5.74, 6) is -5.37. The highest BCUT2D eigenvalue weighted by molar-refractivity contribution is 5.77. The molecule has 1 atom stereocenters. The Morgan fingerprint density at radius 2 is 1.62 bits per heavy atom. The lowest BCUT2D eigenvalue weighted by Crippen LogP contribution is -2.65. The average molecular weight is 573 g/mol. The van der Waals surface area contributed by atoms with Crippen molar-refractivity contribution >= 4 is 17.8 Å². The fraction of sp³-hybridized carbons (Fsp3) is 0.652. The predicted octanol–water partition coefficient (Wildman–Crippen LogP) is 2.72. The number of ether oxygens (including phenoxy) is 2. The van der Waals surface area contributed by atoms with Gasteiger partial charge in [-0.2, -0.15) is 26.3 Å². The number of aliphatic carboxylic acids is 2. The van der Waals surface area contributed by atoms with Gasteiger partial charge in [-0.05, 0) is 30.9 Å². The number of carboxylic acids is 2. The van der Waals surface area contributed by atoms with E-state index in [-0.39, 0.29) is 24.2 Å². The van der Waals surface area contributed by atoms with Crippen LogP contribution in [0, 0.1) is 0 Å². The standard InChI is InChI=1S/C19H27N3O3.2C2HF3O2/c23-18(22-7-1-2-8-22)13-24-17-5-9-25-19(10-17)14-21(15-19)12-16-4-3-6-20-11-16;2*3-2(4,5)1(6)7/h3-4,6,11,17H,1-2,5,7-10,12-15H2;2*(H,6,7). The van der Waals surface area contributed by atoms with E-state index in [1.165, 1.54) is 5.56 Å². The Morgan fingerprint density at radius 1 is 1.05 bits per heavy atom. The van der Waals surface area contributed by atoms with Crippen molar-refractivity contribution in [2.45, 2.75) is 56.3 Å². The minimum Gasteiger partial charge on any atom is -0.475 e. The number of hydrogen-bond acceptors (Lipinski definition) is 7. The Morgan fingerprint density at radius 3 is 2.10 bits per heavy atom. The molecule has 4 rings (SSSR count). The lowest BCUT2D eigenvalue weighted by Gasteiger charge is -2.53. The second-order valence-corrected chi connectivity index (χ2v) is 9.16. The molecule has 1 aromatic rings. The molecule has 0 aliphatic carbocycles. The Labute approximate surface area is 219 Å². The molecule has 1 unspecified atom stereocenters. The Bertz CT molecular complexity index is 926. The van der Waals surface area contributed by atoms with Gasteiger partial charge < -0.3 is 24.6 Å². The van der Waals surface area contributed by atoms with Gasteiger partial charge in [0.05, 0.1) is 11.7 Å². The third-order valence-electron chi connectivity index (χ3n) is 5.99. The van der Waals surface area contributed by atoms with Gasteiger partial charge in [0, 0.05) is 58.1 Å². The van der Waals surface area contributed by atoms with E-state index in [9.17, 15) is 31.1 Å². The molecule has 0 bridgehead atoms. The van der Waals surface area contributed by atoms with E-state index in [1.54, 1.807) is 6.20 Å². The molecule has 220 valence electrons. The molecular weight excluding hydrogens is 544 g/mol. The maximum atomic E-state index is 12.1. The number of likely N-dealkylation sites (tertiary alicyclic amines) is 2. The van der Waals surface area contributed by atoms with Gasteiger partial charge in [0.2, 0.25) is 5.91 Å². The fourth-order valence-electron chi connectivity index (χ4n) is 4.22. The van der Waals surface area contributed by atoms with E-state index in [4.69, 9.17) is 29.3 Å². The van der Waals surface area contributed by atoms with Crippen molar-refractivity contribution in [2.75, 3.05) is 39.4 Å². The normalized spacial score (nSPS) is 20.7. The minimum atomic E-state index is -5.08. The summed E-state index contributed by atoms with van der Waals surface area (Å²) in [5, 5.41) is 14.2. The number of hydrogen-bond donors (Lipinski definition) is 2. The Balaban J connectivity index is 0.000000317. The zero-order valence-electron chi connectivity index (χ0n) is 20.7. The van der Waals surface area contributed by atoms with Crippen LogP contribution in [0.25, 0.3) is 0 Å². The zero-order chi connectivity index (χ0) is 29.3. The summed E-state index contributed by atoms with van der Waals surface area (Å²) in [7, 11) is 0. The van der Waals surface area contributed by atoms with Crippen molar-refractivity contribution in [3.63, 3.8) is 0 Å². The summed E-state index contributed by atoms with van der Waals surface area (Å²) in [6.45, 7) is 5.51. The number of rotatable bonds is 5. The van der Waals surface area contributed by atoms with E-state index >= 15 is 0 Å². The molecular formula is C23H29F6N3O7. The van der Waals surface area contributed by atoms with Gasteiger partial charge >= 0.3 is 24.3 Å². The Hall–Kier alpha value is -2.98. The van der Waals surface area contributed by atoms with Crippen LogP contribution < -0.4 is 0 Å². The summed E-state index contributed by atoms with van der Waals surface area (Å²) >= 11 is 0. The molecule has 0 saturated carbocycles. The van der Waals surface area contributed by atoms with Crippen molar-refractivity contribution in [3.05, 3.63) is 30.1 Å². The van der Waals surface area contributed by atoms with Crippen molar-refractivity contribution in [1.82, 2.24) is 14.8 Å². The number of carbonyl (C=O) groups excluding carboxylic acids is 1. The lowest BCUT2D eigenvalue weighted by atomic mass is 9.84. The molecule has 2 N–H and O–H groups in total. The molecule has 1 spiro atoms. The molecule has 1 aromatic heterocycles. The summed E-state index contributed by atoms with van der Waals surface area (Å²) in [6.07, 6.45) is -2.28. The first-order valence-corrected chi connectivity index (χ1v) is 11.9. The van der Waals surface area contributed by atoms with Crippen LogP contribution in [0.5, 0.6) is 0 Å². The smallest absolute Gasteiger partial charge is 0.475 e. The first-order chi connectivity index (χ1) is 18.1. The number of carboxylic acid groups (broad SMARTS) is 2. The number of pyridine rings is 1. The lowest BCUT2D eigenvalue weighted by molar-refractivity contribution is -0.200. The van der Waals surface area contributed by atoms with Crippen LogP contribution in [0.1, 0.15) is 31.2 Å². The summed E-state index contributed by atoms with van der Waals surface area (Å²) in [4.78, 5) is 38.4. The van der Waals surface area contributed by atoms with Crippen LogP contribution in [0.3, 0.4) is 0 Å². The molecule has 3 saturated heterocycles. The van der Waals surface area contributed by atoms with Gasteiger partial charge in [-0.25, -0.2) is 9.59 Å². The third kappa shape index (κ3) is 11.0. The highest BCUT2D eigenvalue weighted by Crippen LogP contribution is 2.36. The largest absolute Gasteiger partial charge is 0.490 e. The number of carbonyl (C=O) groups is 3. The van der Waals surface area contributed by atoms with Gasteiger partial charge in [-0.15, -0.1) is 0 Å². The van der Waals surface area contributed by atoms with E-state index in [1.807, 2.05) is 17.2 Å². The van der Waals surface area contributed by atoms with Crippen LogP contribution in [-0.2, 0) is 30.4 Å². The van der Waals surface area contributed by atoms with Crippen LogP contribution >= 0.6 is 0 Å². The second-order valence-electron chi connectivity index (χ2n) is 9.16. The second kappa shape index (κ2) is 13.9. The van der Waals surface area contributed by atoms with Gasteiger partial charge in [0.1, 0.15) is 6.61 Å². The molecule has 4 heterocycles. The molecule has 1 amide bonds. The molecule has 3 fully saturated rings. The number of amides is 1. The molecule has 39 heavy (non-hydrogen) atoms. The first-order valence-electron chi connectivity index (χ1n) is 11.9. The van der Waals surface area contributed by atoms with Gasteiger partial charge in [0.15, 0.2) is 0 Å². The summed E-state index contributed by atoms with van der Waals surface area (Å²) in [6, 6.07) is 4.08. The Kier molecular flexibility index (Phi) is 11.5. The maximum absolute atomic E-state index is 12.1. The topological polar surface area (TPSA) is 130 Å². The average Bonchev–Trinajstić information content (AvgIpc) is 3.37. The van der Waals surface area contributed by atoms with Crippen molar-refractivity contribution in [2.24, 2.45) is 0 Å². The van der Waals surface area contributed by atoms with Crippen LogP contribution in [-0.4, -0.2) is 106 Å². The number of alkyl halides is 6. The van der Waals surface area contributed by atoms with Gasteiger partial charge in [-0.3, -0.25) is 14.7 Å². The van der Waals surface area contributed by atoms with Gasteiger partial charge in [0.25, 0.3) is 0 Å². The number of nitrogens with zero attached hydrogens (tertiary/aromatic N) is 3.